The zero-order valence-corrected chi connectivity index (χ0v) is 18.3. The fourth-order valence-electron chi connectivity index (χ4n) is 2.79. The first-order valence-electron chi connectivity index (χ1n) is 9.28. The number of halogens is 1. The average molecular weight is 476 g/mol. The van der Waals surface area contributed by atoms with Crippen LogP contribution in [0.3, 0.4) is 0 Å². The third-order valence-corrected chi connectivity index (χ3v) is 5.11. The highest BCUT2D eigenvalue weighted by Crippen LogP contribution is 2.33. The molecule has 0 saturated carbocycles. The lowest BCUT2D eigenvalue weighted by Crippen LogP contribution is -2.01. The summed E-state index contributed by atoms with van der Waals surface area (Å²) in [4.78, 5) is 5.35. The molecule has 0 fully saturated rings. The summed E-state index contributed by atoms with van der Waals surface area (Å²) in [7, 11) is 1.55. The monoisotopic (exact) mass is 475 g/mol. The van der Waals surface area contributed by atoms with Crippen molar-refractivity contribution in [2.45, 2.75) is 13.2 Å². The summed E-state index contributed by atoms with van der Waals surface area (Å²) in [5, 5.41) is 22.3. The summed E-state index contributed by atoms with van der Waals surface area (Å²) in [5.41, 5.74) is 3.41. The molecule has 3 aromatic rings. The molecule has 0 N–H and O–H groups in total. The van der Waals surface area contributed by atoms with E-state index in [2.05, 4.69) is 33.2 Å². The molecule has 0 radical (unpaired) electrons. The fourth-order valence-corrected chi connectivity index (χ4v) is 3.21. The van der Waals surface area contributed by atoms with Crippen LogP contribution in [-0.4, -0.2) is 13.3 Å². The molecule has 31 heavy (non-hydrogen) atoms. The van der Waals surface area contributed by atoms with Gasteiger partial charge >= 0.3 is 0 Å². The van der Waals surface area contributed by atoms with E-state index in [1.807, 2.05) is 30.3 Å². The van der Waals surface area contributed by atoms with Crippen LogP contribution in [0.25, 0.3) is 0 Å². The van der Waals surface area contributed by atoms with E-state index >= 15 is 0 Å². The Bertz CT molecular complexity index is 1180. The molecule has 0 heterocycles. The molecule has 0 amide bonds. The molecule has 0 spiro atoms. The van der Waals surface area contributed by atoms with Crippen molar-refractivity contribution in [1.29, 1.82) is 10.5 Å². The SMILES string of the molecule is COc1cc(/C=N\OCc2ccccc2C#N)c(Br)cc1OCc1ccccc1C#N. The minimum atomic E-state index is 0.189. The first-order valence-corrected chi connectivity index (χ1v) is 10.1. The summed E-state index contributed by atoms with van der Waals surface area (Å²) in [6.45, 7) is 0.426. The maximum Gasteiger partial charge on any atom is 0.162 e. The Morgan fingerprint density at radius 2 is 1.52 bits per heavy atom. The van der Waals surface area contributed by atoms with Gasteiger partial charge in [0.15, 0.2) is 11.5 Å². The number of methoxy groups -OCH3 is 1. The van der Waals surface area contributed by atoms with Gasteiger partial charge in [-0.25, -0.2) is 0 Å². The molecule has 0 bridgehead atoms. The largest absolute Gasteiger partial charge is 0.493 e. The van der Waals surface area contributed by atoms with Gasteiger partial charge in [-0.1, -0.05) is 41.6 Å². The van der Waals surface area contributed by atoms with E-state index in [0.717, 1.165) is 21.2 Å². The molecule has 0 aromatic heterocycles. The third kappa shape index (κ3) is 5.63. The lowest BCUT2D eigenvalue weighted by atomic mass is 10.1. The number of oxime groups is 1. The second-order valence-corrected chi connectivity index (χ2v) is 7.21. The number of rotatable bonds is 8. The van der Waals surface area contributed by atoms with Gasteiger partial charge in [0.2, 0.25) is 0 Å². The molecule has 3 aromatic carbocycles. The second-order valence-electron chi connectivity index (χ2n) is 6.36. The zero-order valence-electron chi connectivity index (χ0n) is 16.7. The van der Waals surface area contributed by atoms with E-state index < -0.39 is 0 Å². The number of nitrogens with zero attached hydrogens (tertiary/aromatic N) is 3. The lowest BCUT2D eigenvalue weighted by Gasteiger charge is -2.13. The molecular formula is C24H18BrN3O3. The Morgan fingerprint density at radius 1 is 0.903 bits per heavy atom. The Labute approximate surface area is 189 Å². The van der Waals surface area contributed by atoms with Gasteiger partial charge in [-0.15, -0.1) is 0 Å². The van der Waals surface area contributed by atoms with Gasteiger partial charge in [0, 0.05) is 21.2 Å². The molecule has 0 unspecified atom stereocenters. The number of hydrogen-bond acceptors (Lipinski definition) is 6. The Kier molecular flexibility index (Phi) is 7.64. The predicted molar refractivity (Wildman–Crippen MR) is 120 cm³/mol. The fraction of sp³-hybridized carbons (Fsp3) is 0.125. The number of benzene rings is 3. The van der Waals surface area contributed by atoms with Crippen molar-refractivity contribution >= 4 is 22.1 Å². The average Bonchev–Trinajstić information content (AvgIpc) is 2.81. The summed E-state index contributed by atoms with van der Waals surface area (Å²) in [5.74, 6) is 1.05. The Morgan fingerprint density at radius 3 is 2.13 bits per heavy atom. The molecule has 0 aliphatic heterocycles. The van der Waals surface area contributed by atoms with Crippen molar-refractivity contribution in [3.8, 4) is 23.6 Å². The van der Waals surface area contributed by atoms with Gasteiger partial charge < -0.3 is 14.3 Å². The van der Waals surface area contributed by atoms with Gasteiger partial charge in [0.1, 0.15) is 13.2 Å². The van der Waals surface area contributed by atoms with Crippen LogP contribution in [0.2, 0.25) is 0 Å². The van der Waals surface area contributed by atoms with Crippen LogP contribution in [0.15, 0.2) is 70.3 Å². The van der Waals surface area contributed by atoms with Crippen LogP contribution in [-0.2, 0) is 18.1 Å². The summed E-state index contributed by atoms with van der Waals surface area (Å²) < 4.78 is 12.1. The van der Waals surface area contributed by atoms with Crippen molar-refractivity contribution in [3.05, 3.63) is 93.0 Å². The van der Waals surface area contributed by atoms with Crippen LogP contribution < -0.4 is 9.47 Å². The third-order valence-electron chi connectivity index (χ3n) is 4.43. The van der Waals surface area contributed by atoms with Gasteiger partial charge in [-0.3, -0.25) is 0 Å². The molecule has 0 aliphatic rings. The maximum absolute atomic E-state index is 9.22. The Balaban J connectivity index is 1.69. The minimum Gasteiger partial charge on any atom is -0.493 e. The lowest BCUT2D eigenvalue weighted by molar-refractivity contribution is 0.132. The smallest absolute Gasteiger partial charge is 0.162 e. The number of ether oxygens (including phenoxy) is 2. The van der Waals surface area contributed by atoms with E-state index in [9.17, 15) is 5.26 Å². The topological polar surface area (TPSA) is 87.6 Å². The molecule has 3 rings (SSSR count). The van der Waals surface area contributed by atoms with Gasteiger partial charge in [-0.05, 0) is 40.2 Å². The van der Waals surface area contributed by atoms with Crippen LogP contribution in [0, 0.1) is 22.7 Å². The van der Waals surface area contributed by atoms with Crippen molar-refractivity contribution in [1.82, 2.24) is 0 Å². The summed E-state index contributed by atoms with van der Waals surface area (Å²) in [6, 6.07) is 22.3. The van der Waals surface area contributed by atoms with Crippen LogP contribution in [0.5, 0.6) is 11.5 Å². The van der Waals surface area contributed by atoms with E-state index in [1.165, 1.54) is 0 Å². The molecule has 0 saturated heterocycles. The highest BCUT2D eigenvalue weighted by molar-refractivity contribution is 9.10. The molecule has 6 nitrogen and oxygen atoms in total. The minimum absolute atomic E-state index is 0.189. The van der Waals surface area contributed by atoms with E-state index in [4.69, 9.17) is 19.6 Å². The first kappa shape index (κ1) is 21.9. The van der Waals surface area contributed by atoms with Crippen LogP contribution >= 0.6 is 15.9 Å². The molecule has 7 heteroatoms. The maximum atomic E-state index is 9.22. The number of nitriles is 2. The van der Waals surface area contributed by atoms with Gasteiger partial charge in [0.05, 0.1) is 36.6 Å². The predicted octanol–water partition coefficient (Wildman–Crippen LogP) is 5.33. The Hall–Kier alpha value is -3.81. The van der Waals surface area contributed by atoms with E-state index in [-0.39, 0.29) is 13.2 Å². The first-order chi connectivity index (χ1) is 15.2. The van der Waals surface area contributed by atoms with Crippen LogP contribution in [0.4, 0.5) is 0 Å². The summed E-state index contributed by atoms with van der Waals surface area (Å²) in [6.07, 6.45) is 1.55. The van der Waals surface area contributed by atoms with Gasteiger partial charge in [-0.2, -0.15) is 10.5 Å². The van der Waals surface area contributed by atoms with Crippen molar-refractivity contribution in [3.63, 3.8) is 0 Å². The van der Waals surface area contributed by atoms with E-state index in [0.29, 0.717) is 22.6 Å². The van der Waals surface area contributed by atoms with Gasteiger partial charge in [0.25, 0.3) is 0 Å². The number of hydrogen-bond donors (Lipinski definition) is 0. The van der Waals surface area contributed by atoms with Crippen LogP contribution in [0.1, 0.15) is 27.8 Å². The second kappa shape index (κ2) is 10.8. The van der Waals surface area contributed by atoms with Crippen molar-refractivity contribution < 1.29 is 14.3 Å². The molecule has 0 atom stereocenters. The molecule has 154 valence electrons. The van der Waals surface area contributed by atoms with Crippen molar-refractivity contribution in [2.24, 2.45) is 5.16 Å². The molecular weight excluding hydrogens is 458 g/mol. The molecule has 0 aliphatic carbocycles. The van der Waals surface area contributed by atoms with Crippen molar-refractivity contribution in [2.75, 3.05) is 7.11 Å². The normalized spacial score (nSPS) is 10.3. The zero-order chi connectivity index (χ0) is 22.1. The standard InChI is InChI=1S/C24H18BrN3O3/c1-29-23-10-21(14-28-31-16-20-9-5-3-7-18(20)13-27)22(25)11-24(23)30-15-19-8-4-2-6-17(19)12-26/h2-11,14H,15-16H2,1H3/b28-14-. The quantitative estimate of drug-likeness (QED) is 0.324. The van der Waals surface area contributed by atoms with E-state index in [1.54, 1.807) is 43.7 Å². The highest BCUT2D eigenvalue weighted by atomic mass is 79.9. The highest BCUT2D eigenvalue weighted by Gasteiger charge is 2.11. The summed E-state index contributed by atoms with van der Waals surface area (Å²) >= 11 is 3.51.